The molecule has 0 saturated heterocycles. The van der Waals surface area contributed by atoms with Crippen LogP contribution in [0.1, 0.15) is 11.4 Å². The van der Waals surface area contributed by atoms with Gasteiger partial charge in [-0.3, -0.25) is 9.36 Å². The number of rotatable bonds is 8. The Balaban J connectivity index is 1.79. The minimum atomic E-state index is -0.388. The number of amides is 1. The molecule has 0 saturated carbocycles. The number of carbonyl (C=O) groups excluding carboxylic acids is 1. The predicted octanol–water partition coefficient (Wildman–Crippen LogP) is 3.93. The Morgan fingerprint density at radius 2 is 1.77 bits per heavy atom. The summed E-state index contributed by atoms with van der Waals surface area (Å²) in [5.74, 6) is 2.17. The number of nitrogens with two attached hydrogens (primary N) is 1. The van der Waals surface area contributed by atoms with Crippen molar-refractivity contribution in [3.05, 3.63) is 71.0 Å². The van der Waals surface area contributed by atoms with Gasteiger partial charge in [0.2, 0.25) is 5.91 Å². The van der Waals surface area contributed by atoms with Gasteiger partial charge in [-0.1, -0.05) is 53.7 Å². The largest absolute Gasteiger partial charge is 0.369 e. The number of hydrogen-bond acceptors (Lipinski definition) is 5. The summed E-state index contributed by atoms with van der Waals surface area (Å²) in [7, 11) is 0. The lowest BCUT2D eigenvalue weighted by atomic mass is 10.2. The van der Waals surface area contributed by atoms with Crippen molar-refractivity contribution in [2.75, 3.05) is 5.75 Å². The van der Waals surface area contributed by atoms with Crippen molar-refractivity contribution >= 4 is 41.0 Å². The van der Waals surface area contributed by atoms with Gasteiger partial charge in [0, 0.05) is 16.5 Å². The molecule has 1 aromatic heterocycles. The zero-order valence-corrected chi connectivity index (χ0v) is 16.2. The van der Waals surface area contributed by atoms with E-state index in [1.165, 1.54) is 17.3 Å². The van der Waals surface area contributed by atoms with Crippen molar-refractivity contribution in [2.24, 2.45) is 5.73 Å². The van der Waals surface area contributed by atoms with Crippen LogP contribution in [0.2, 0.25) is 5.02 Å². The summed E-state index contributed by atoms with van der Waals surface area (Å²) in [6, 6.07) is 17.7. The van der Waals surface area contributed by atoms with Gasteiger partial charge in [0.15, 0.2) is 5.16 Å². The van der Waals surface area contributed by atoms with Crippen LogP contribution in [0.4, 0.5) is 0 Å². The van der Waals surface area contributed by atoms with Crippen LogP contribution < -0.4 is 5.73 Å². The Bertz CT molecular complexity index is 869. The highest BCUT2D eigenvalue weighted by atomic mass is 35.5. The zero-order valence-electron chi connectivity index (χ0n) is 13.8. The van der Waals surface area contributed by atoms with E-state index in [0.29, 0.717) is 15.9 Å². The maximum atomic E-state index is 11.1. The van der Waals surface area contributed by atoms with Gasteiger partial charge in [-0.2, -0.15) is 0 Å². The molecular formula is C18H17ClN4OS2. The lowest BCUT2D eigenvalue weighted by Crippen LogP contribution is -2.13. The Kier molecular flexibility index (Phi) is 6.60. The Hall–Kier alpha value is -1.96. The molecule has 2 aromatic carbocycles. The molecular weight excluding hydrogens is 388 g/mol. The van der Waals surface area contributed by atoms with Crippen LogP contribution >= 0.6 is 35.1 Å². The predicted molar refractivity (Wildman–Crippen MR) is 108 cm³/mol. The number of halogens is 1. The minimum Gasteiger partial charge on any atom is -0.369 e. The highest BCUT2D eigenvalue weighted by Crippen LogP contribution is 2.26. The highest BCUT2D eigenvalue weighted by molar-refractivity contribution is 7.99. The third-order valence-electron chi connectivity index (χ3n) is 3.47. The number of hydrogen-bond donors (Lipinski definition) is 1. The first-order valence-corrected chi connectivity index (χ1v) is 10.4. The molecule has 0 unspecified atom stereocenters. The van der Waals surface area contributed by atoms with Crippen molar-refractivity contribution in [2.45, 2.75) is 16.7 Å². The summed E-state index contributed by atoms with van der Waals surface area (Å²) < 4.78 is 1.95. The Morgan fingerprint density at radius 3 is 2.46 bits per heavy atom. The van der Waals surface area contributed by atoms with E-state index < -0.39 is 0 Å². The molecule has 3 rings (SSSR count). The summed E-state index contributed by atoms with van der Waals surface area (Å²) in [6.45, 7) is 0. The number of thioether (sulfide) groups is 2. The minimum absolute atomic E-state index is 0.156. The molecule has 0 spiro atoms. The van der Waals surface area contributed by atoms with E-state index in [-0.39, 0.29) is 11.7 Å². The lowest BCUT2D eigenvalue weighted by Gasteiger charge is -2.10. The lowest BCUT2D eigenvalue weighted by molar-refractivity contribution is -0.115. The van der Waals surface area contributed by atoms with Crippen LogP contribution in [0.5, 0.6) is 0 Å². The van der Waals surface area contributed by atoms with Crippen LogP contribution in [0.25, 0.3) is 5.69 Å². The first-order chi connectivity index (χ1) is 12.6. The van der Waals surface area contributed by atoms with E-state index in [9.17, 15) is 4.79 Å². The second-order valence-electron chi connectivity index (χ2n) is 5.44. The molecule has 0 aliphatic rings. The van der Waals surface area contributed by atoms with Crippen LogP contribution in [-0.4, -0.2) is 26.4 Å². The van der Waals surface area contributed by atoms with Gasteiger partial charge in [0.05, 0.1) is 11.5 Å². The molecule has 0 aliphatic heterocycles. The first kappa shape index (κ1) is 18.8. The van der Waals surface area contributed by atoms with Gasteiger partial charge in [-0.25, -0.2) is 0 Å². The van der Waals surface area contributed by atoms with Gasteiger partial charge in [-0.15, -0.1) is 22.0 Å². The number of aromatic nitrogens is 3. The van der Waals surface area contributed by atoms with Crippen molar-refractivity contribution in [1.29, 1.82) is 0 Å². The number of primary amides is 1. The topological polar surface area (TPSA) is 73.8 Å². The van der Waals surface area contributed by atoms with E-state index in [2.05, 4.69) is 22.3 Å². The van der Waals surface area contributed by atoms with Crippen LogP contribution in [0.15, 0.2) is 59.8 Å². The smallest absolute Gasteiger partial charge is 0.227 e. The molecule has 8 heteroatoms. The molecule has 134 valence electrons. The summed E-state index contributed by atoms with van der Waals surface area (Å²) >= 11 is 9.03. The molecule has 0 aliphatic carbocycles. The fourth-order valence-electron chi connectivity index (χ4n) is 2.31. The highest BCUT2D eigenvalue weighted by Gasteiger charge is 2.15. The molecule has 3 aromatic rings. The van der Waals surface area contributed by atoms with Gasteiger partial charge < -0.3 is 5.73 Å². The van der Waals surface area contributed by atoms with Crippen LogP contribution in [0, 0.1) is 0 Å². The third-order valence-corrected chi connectivity index (χ3v) is 5.67. The summed E-state index contributed by atoms with van der Waals surface area (Å²) in [4.78, 5) is 11.1. The maximum absolute atomic E-state index is 11.1. The third kappa shape index (κ3) is 5.03. The van der Waals surface area contributed by atoms with Crippen molar-refractivity contribution in [3.8, 4) is 5.69 Å². The van der Waals surface area contributed by atoms with Crippen LogP contribution in [-0.2, 0) is 16.3 Å². The standard InChI is InChI=1S/C18H17ClN4OS2/c19-14-6-8-15(9-7-14)23-17(21-22-18(23)26-11-16(20)24)12-25-10-13-4-2-1-3-5-13/h1-9H,10-12H2,(H2,20,24). The number of carbonyl (C=O) groups is 1. The zero-order chi connectivity index (χ0) is 18.4. The second-order valence-corrected chi connectivity index (χ2v) is 7.81. The van der Waals surface area contributed by atoms with Gasteiger partial charge in [0.1, 0.15) is 5.82 Å². The number of nitrogens with zero attached hydrogens (tertiary/aromatic N) is 3. The van der Waals surface area contributed by atoms with Crippen LogP contribution in [0.3, 0.4) is 0 Å². The molecule has 0 radical (unpaired) electrons. The molecule has 26 heavy (non-hydrogen) atoms. The van der Waals surface area contributed by atoms with E-state index in [0.717, 1.165) is 17.3 Å². The second kappa shape index (κ2) is 9.12. The average molecular weight is 405 g/mol. The molecule has 5 nitrogen and oxygen atoms in total. The molecule has 0 atom stereocenters. The molecule has 0 bridgehead atoms. The van der Waals surface area contributed by atoms with Gasteiger partial charge in [0.25, 0.3) is 0 Å². The van der Waals surface area contributed by atoms with E-state index in [1.54, 1.807) is 11.8 Å². The number of benzene rings is 2. The van der Waals surface area contributed by atoms with Crippen molar-refractivity contribution in [1.82, 2.24) is 14.8 Å². The summed E-state index contributed by atoms with van der Waals surface area (Å²) in [5.41, 5.74) is 7.43. The normalized spacial score (nSPS) is 10.8. The first-order valence-electron chi connectivity index (χ1n) is 7.86. The van der Waals surface area contributed by atoms with Gasteiger partial charge in [-0.05, 0) is 29.8 Å². The summed E-state index contributed by atoms with van der Waals surface area (Å²) in [5, 5.41) is 9.85. The Labute approximate surface area is 165 Å². The SMILES string of the molecule is NC(=O)CSc1nnc(CSCc2ccccc2)n1-c1ccc(Cl)cc1. The molecule has 2 N–H and O–H groups in total. The molecule has 1 heterocycles. The average Bonchev–Trinajstić information content (AvgIpc) is 3.04. The molecule has 0 fully saturated rings. The monoisotopic (exact) mass is 404 g/mol. The van der Waals surface area contributed by atoms with E-state index in [4.69, 9.17) is 17.3 Å². The maximum Gasteiger partial charge on any atom is 0.227 e. The van der Waals surface area contributed by atoms with Crippen molar-refractivity contribution < 1.29 is 4.79 Å². The summed E-state index contributed by atoms with van der Waals surface area (Å²) in [6.07, 6.45) is 0. The van der Waals surface area contributed by atoms with Gasteiger partial charge >= 0.3 is 0 Å². The fraction of sp³-hybridized carbons (Fsp3) is 0.167. The van der Waals surface area contributed by atoms with E-state index in [1.807, 2.05) is 47.0 Å². The fourth-order valence-corrected chi connectivity index (χ4v) is 4.04. The van der Waals surface area contributed by atoms with E-state index >= 15 is 0 Å². The quantitative estimate of drug-likeness (QED) is 0.576. The van der Waals surface area contributed by atoms with Crippen molar-refractivity contribution in [3.63, 3.8) is 0 Å². The Morgan fingerprint density at radius 1 is 1.04 bits per heavy atom. The molecule has 1 amide bonds.